The molecule has 1 unspecified atom stereocenters. The van der Waals surface area contributed by atoms with E-state index in [1.165, 1.54) is 0 Å². The van der Waals surface area contributed by atoms with Crippen LogP contribution in [0.2, 0.25) is 15.1 Å². The van der Waals surface area contributed by atoms with E-state index in [9.17, 15) is 9.59 Å². The van der Waals surface area contributed by atoms with Crippen LogP contribution in [0.1, 0.15) is 36.9 Å². The Morgan fingerprint density at radius 3 is 2.36 bits per heavy atom. The average molecular weight is 584 g/mol. The van der Waals surface area contributed by atoms with Crippen LogP contribution in [0.15, 0.2) is 67.0 Å². The van der Waals surface area contributed by atoms with Gasteiger partial charge in [-0.15, -0.1) is 0 Å². The summed E-state index contributed by atoms with van der Waals surface area (Å²) >= 11 is 18.6. The third-order valence-electron chi connectivity index (χ3n) is 6.46. The maximum atomic E-state index is 14.1. The number of rotatable bonds is 8. The van der Waals surface area contributed by atoms with Crippen molar-refractivity contribution in [1.29, 1.82) is 0 Å². The number of amides is 2. The summed E-state index contributed by atoms with van der Waals surface area (Å²) in [5.74, 6) is -1.03. The van der Waals surface area contributed by atoms with Gasteiger partial charge in [0, 0.05) is 61.5 Å². The van der Waals surface area contributed by atoms with E-state index in [0.29, 0.717) is 26.5 Å². The minimum Gasteiger partial charge on any atom is -0.484 e. The molecule has 1 atom stereocenters. The fourth-order valence-electron chi connectivity index (χ4n) is 4.81. The normalized spacial score (nSPS) is 12.3. The number of anilines is 1. The summed E-state index contributed by atoms with van der Waals surface area (Å²) in [6, 6.07) is 16.0. The molecule has 0 aliphatic carbocycles. The standard InChI is InChI=1S/C29H25Cl3N4O3/c1-15(2)36-13-24(22-6-4-20(11-26(22)36)39-14-27(33)37)28(23-12-34-25-10-16(30)3-5-21(23)25)29(38)35-19-8-17(31)7-18(32)9-19/h3-13,15,28,34H,14H2,1-2H3,(H2,33,37)(H,35,38). The molecule has 200 valence electrons. The molecule has 5 aromatic rings. The van der Waals surface area contributed by atoms with Gasteiger partial charge >= 0.3 is 0 Å². The minimum absolute atomic E-state index is 0.0739. The Labute approximate surface area is 239 Å². The van der Waals surface area contributed by atoms with Crippen molar-refractivity contribution in [1.82, 2.24) is 9.55 Å². The Kier molecular flexibility index (Phi) is 7.49. The highest BCUT2D eigenvalue weighted by molar-refractivity contribution is 6.35. The number of H-pyrrole nitrogens is 1. The summed E-state index contributed by atoms with van der Waals surface area (Å²) < 4.78 is 7.63. The lowest BCUT2D eigenvalue weighted by Crippen LogP contribution is -2.22. The van der Waals surface area contributed by atoms with Crippen LogP contribution < -0.4 is 15.8 Å². The summed E-state index contributed by atoms with van der Waals surface area (Å²) in [5, 5.41) is 6.15. The number of halogens is 3. The van der Waals surface area contributed by atoms with Crippen LogP contribution in [-0.2, 0) is 9.59 Å². The highest BCUT2D eigenvalue weighted by Gasteiger charge is 2.30. The van der Waals surface area contributed by atoms with Crippen LogP contribution in [0.4, 0.5) is 5.69 Å². The van der Waals surface area contributed by atoms with Gasteiger partial charge in [-0.05, 0) is 67.4 Å². The highest BCUT2D eigenvalue weighted by Crippen LogP contribution is 2.39. The molecule has 2 amide bonds. The molecule has 2 aromatic heterocycles. The first kappa shape index (κ1) is 26.9. The van der Waals surface area contributed by atoms with Crippen LogP contribution in [0.3, 0.4) is 0 Å². The molecule has 5 rings (SSSR count). The van der Waals surface area contributed by atoms with E-state index in [1.54, 1.807) is 30.3 Å². The zero-order valence-corrected chi connectivity index (χ0v) is 23.4. The lowest BCUT2D eigenvalue weighted by Gasteiger charge is -2.17. The third-order valence-corrected chi connectivity index (χ3v) is 7.14. The Bertz CT molecular complexity index is 1700. The van der Waals surface area contributed by atoms with Crippen molar-refractivity contribution in [3.05, 3.63) is 93.2 Å². The number of ether oxygens (including phenoxy) is 1. The van der Waals surface area contributed by atoms with Gasteiger partial charge in [0.25, 0.3) is 5.91 Å². The number of aromatic nitrogens is 2. The molecule has 39 heavy (non-hydrogen) atoms. The molecule has 3 aromatic carbocycles. The number of fused-ring (bicyclic) bond motifs is 2. The topological polar surface area (TPSA) is 102 Å². The number of hydrogen-bond donors (Lipinski definition) is 3. The molecule has 0 aliphatic rings. The number of hydrogen-bond acceptors (Lipinski definition) is 3. The number of carbonyl (C=O) groups is 2. The molecule has 10 heteroatoms. The quantitative estimate of drug-likeness (QED) is 0.179. The van der Waals surface area contributed by atoms with Gasteiger partial charge in [-0.25, -0.2) is 0 Å². The number of benzene rings is 3. The van der Waals surface area contributed by atoms with Crippen molar-refractivity contribution in [2.24, 2.45) is 5.73 Å². The van der Waals surface area contributed by atoms with Crippen molar-refractivity contribution in [3.8, 4) is 5.75 Å². The van der Waals surface area contributed by atoms with Gasteiger partial charge in [0.15, 0.2) is 6.61 Å². The molecule has 0 bridgehead atoms. The van der Waals surface area contributed by atoms with Crippen molar-refractivity contribution in [3.63, 3.8) is 0 Å². The first-order valence-electron chi connectivity index (χ1n) is 12.2. The lowest BCUT2D eigenvalue weighted by molar-refractivity contribution is -0.120. The number of nitrogens with two attached hydrogens (primary N) is 1. The van der Waals surface area contributed by atoms with Gasteiger partial charge in [0.2, 0.25) is 5.91 Å². The molecule has 0 aliphatic heterocycles. The van der Waals surface area contributed by atoms with Crippen LogP contribution in [0, 0.1) is 0 Å². The second kappa shape index (κ2) is 10.8. The van der Waals surface area contributed by atoms with E-state index >= 15 is 0 Å². The van der Waals surface area contributed by atoms with E-state index in [1.807, 2.05) is 36.7 Å². The summed E-state index contributed by atoms with van der Waals surface area (Å²) in [4.78, 5) is 28.6. The number of carbonyl (C=O) groups excluding carboxylic acids is 2. The Balaban J connectivity index is 1.68. The van der Waals surface area contributed by atoms with Crippen molar-refractivity contribution in [2.45, 2.75) is 25.8 Å². The van der Waals surface area contributed by atoms with Gasteiger partial charge in [0.1, 0.15) is 5.75 Å². The molecular weight excluding hydrogens is 559 g/mol. The Morgan fingerprint density at radius 1 is 0.949 bits per heavy atom. The van der Waals surface area contributed by atoms with Gasteiger partial charge < -0.3 is 25.3 Å². The maximum Gasteiger partial charge on any atom is 0.255 e. The van der Waals surface area contributed by atoms with E-state index in [0.717, 1.165) is 32.9 Å². The molecule has 0 fully saturated rings. The van der Waals surface area contributed by atoms with Crippen LogP contribution in [0.5, 0.6) is 5.75 Å². The van der Waals surface area contributed by atoms with E-state index in [-0.39, 0.29) is 18.6 Å². The highest BCUT2D eigenvalue weighted by atomic mass is 35.5. The number of aromatic amines is 1. The molecule has 0 saturated heterocycles. The summed E-state index contributed by atoms with van der Waals surface area (Å²) in [5.41, 5.74) is 8.99. The zero-order valence-electron chi connectivity index (χ0n) is 21.1. The van der Waals surface area contributed by atoms with E-state index in [2.05, 4.69) is 28.7 Å². The number of nitrogens with one attached hydrogen (secondary N) is 2. The fourth-order valence-corrected chi connectivity index (χ4v) is 5.51. The largest absolute Gasteiger partial charge is 0.484 e. The Hall–Kier alpha value is -3.65. The molecular formula is C29H25Cl3N4O3. The molecule has 7 nitrogen and oxygen atoms in total. The Morgan fingerprint density at radius 2 is 1.67 bits per heavy atom. The second-order valence-electron chi connectivity index (χ2n) is 9.53. The average Bonchev–Trinajstić information content (AvgIpc) is 3.44. The summed E-state index contributed by atoms with van der Waals surface area (Å²) in [6.07, 6.45) is 3.82. The molecule has 0 spiro atoms. The fraction of sp³-hybridized carbons (Fsp3) is 0.172. The SMILES string of the molecule is CC(C)n1cc(C(C(=O)Nc2cc(Cl)cc(Cl)c2)c2c[nH]c3cc(Cl)ccc23)c2ccc(OCC(N)=O)cc21. The van der Waals surface area contributed by atoms with Gasteiger partial charge in [-0.1, -0.05) is 40.9 Å². The predicted octanol–water partition coefficient (Wildman–Crippen LogP) is 7.30. The first-order chi connectivity index (χ1) is 18.6. The van der Waals surface area contributed by atoms with Crippen molar-refractivity contribution >= 4 is 74.1 Å². The molecule has 2 heterocycles. The zero-order chi connectivity index (χ0) is 27.8. The van der Waals surface area contributed by atoms with E-state index < -0.39 is 11.8 Å². The first-order valence-corrected chi connectivity index (χ1v) is 13.3. The third kappa shape index (κ3) is 5.57. The number of nitrogens with zero attached hydrogens (tertiary/aromatic N) is 1. The van der Waals surface area contributed by atoms with E-state index in [4.69, 9.17) is 45.3 Å². The monoisotopic (exact) mass is 582 g/mol. The second-order valence-corrected chi connectivity index (χ2v) is 10.8. The van der Waals surface area contributed by atoms with Gasteiger partial charge in [-0.2, -0.15) is 0 Å². The minimum atomic E-state index is -0.711. The molecule has 0 radical (unpaired) electrons. The van der Waals surface area contributed by atoms with Crippen LogP contribution in [-0.4, -0.2) is 28.0 Å². The van der Waals surface area contributed by atoms with Crippen LogP contribution in [0.25, 0.3) is 21.8 Å². The lowest BCUT2D eigenvalue weighted by atomic mass is 9.89. The molecule has 4 N–H and O–H groups in total. The van der Waals surface area contributed by atoms with Gasteiger partial charge in [-0.3, -0.25) is 9.59 Å². The maximum absolute atomic E-state index is 14.1. The van der Waals surface area contributed by atoms with Gasteiger partial charge in [0.05, 0.1) is 11.4 Å². The van der Waals surface area contributed by atoms with Crippen molar-refractivity contribution in [2.75, 3.05) is 11.9 Å². The number of primary amides is 1. The smallest absolute Gasteiger partial charge is 0.255 e. The summed E-state index contributed by atoms with van der Waals surface area (Å²) in [6.45, 7) is 3.87. The van der Waals surface area contributed by atoms with Crippen molar-refractivity contribution < 1.29 is 14.3 Å². The predicted molar refractivity (Wildman–Crippen MR) is 157 cm³/mol. The summed E-state index contributed by atoms with van der Waals surface area (Å²) in [7, 11) is 0. The molecule has 0 saturated carbocycles. The van der Waals surface area contributed by atoms with Crippen LogP contribution >= 0.6 is 34.8 Å².